The normalized spacial score (nSPS) is 12.0. The fourth-order valence-corrected chi connectivity index (χ4v) is 3.33. The molecule has 2 aromatic carbocycles. The van der Waals surface area contributed by atoms with Crippen LogP contribution in [0, 0.1) is 0 Å². The van der Waals surface area contributed by atoms with Crippen LogP contribution in [0.5, 0.6) is 0 Å². The van der Waals surface area contributed by atoms with E-state index in [9.17, 15) is 0 Å². The van der Waals surface area contributed by atoms with Gasteiger partial charge in [-0.15, -0.1) is 0 Å². The first-order chi connectivity index (χ1) is 11.2. The lowest BCUT2D eigenvalue weighted by Crippen LogP contribution is -2.15. The molecular weight excluding hydrogens is 282 g/mol. The van der Waals surface area contributed by atoms with E-state index < -0.39 is 0 Å². The summed E-state index contributed by atoms with van der Waals surface area (Å²) in [6.07, 6.45) is 1.12. The summed E-state index contributed by atoms with van der Waals surface area (Å²) >= 11 is 0. The number of fused-ring (bicyclic) bond motifs is 4. The van der Waals surface area contributed by atoms with Crippen molar-refractivity contribution >= 4 is 32.8 Å². The van der Waals surface area contributed by atoms with Gasteiger partial charge in [0.05, 0.1) is 11.0 Å². The van der Waals surface area contributed by atoms with E-state index in [0.717, 1.165) is 30.7 Å². The molecule has 4 aromatic rings. The van der Waals surface area contributed by atoms with Gasteiger partial charge in [-0.2, -0.15) is 0 Å². The Kier molecular flexibility index (Phi) is 3.50. The summed E-state index contributed by atoms with van der Waals surface area (Å²) in [5.74, 6) is 0. The molecule has 0 atom stereocenters. The molecule has 2 heterocycles. The first-order valence-electron chi connectivity index (χ1n) is 8.15. The molecular formula is C20H21N3. The molecule has 0 N–H and O–H groups in total. The number of hydrogen-bond acceptors (Lipinski definition) is 2. The van der Waals surface area contributed by atoms with E-state index >= 15 is 0 Å². The Labute approximate surface area is 136 Å². The molecule has 0 bridgehead atoms. The Morgan fingerprint density at radius 1 is 0.957 bits per heavy atom. The van der Waals surface area contributed by atoms with Crippen LogP contribution in [0.3, 0.4) is 0 Å². The van der Waals surface area contributed by atoms with Crippen LogP contribution in [0.2, 0.25) is 0 Å². The summed E-state index contributed by atoms with van der Waals surface area (Å²) in [6.45, 7) is 2.08. The molecule has 0 spiro atoms. The third-order valence-electron chi connectivity index (χ3n) is 4.43. The zero-order valence-electron chi connectivity index (χ0n) is 13.7. The molecule has 3 heteroatoms. The SMILES string of the molecule is CN(C)CCCn1c2ccccc2c2cc3ccccc3nc21. The molecule has 23 heavy (non-hydrogen) atoms. The highest BCUT2D eigenvalue weighted by atomic mass is 15.1. The van der Waals surface area contributed by atoms with Crippen LogP contribution in [0.15, 0.2) is 54.6 Å². The van der Waals surface area contributed by atoms with Crippen molar-refractivity contribution in [2.45, 2.75) is 13.0 Å². The first kappa shape index (κ1) is 14.2. The van der Waals surface area contributed by atoms with Crippen LogP contribution in [0.1, 0.15) is 6.42 Å². The van der Waals surface area contributed by atoms with Gasteiger partial charge in [0.1, 0.15) is 5.65 Å². The van der Waals surface area contributed by atoms with E-state index in [2.05, 4.69) is 78.2 Å². The molecule has 0 radical (unpaired) electrons. The number of para-hydroxylation sites is 2. The van der Waals surface area contributed by atoms with Crippen LogP contribution >= 0.6 is 0 Å². The predicted molar refractivity (Wildman–Crippen MR) is 97.9 cm³/mol. The second-order valence-corrected chi connectivity index (χ2v) is 6.38. The van der Waals surface area contributed by atoms with Crippen molar-refractivity contribution in [2.75, 3.05) is 20.6 Å². The van der Waals surface area contributed by atoms with Crippen LogP contribution in [0.4, 0.5) is 0 Å². The summed E-state index contributed by atoms with van der Waals surface area (Å²) < 4.78 is 2.38. The molecule has 0 unspecified atom stereocenters. The van der Waals surface area contributed by atoms with Crippen molar-refractivity contribution in [3.05, 3.63) is 54.6 Å². The smallest absolute Gasteiger partial charge is 0.141 e. The van der Waals surface area contributed by atoms with Crippen molar-refractivity contribution < 1.29 is 0 Å². The average Bonchev–Trinajstić information content (AvgIpc) is 2.86. The molecule has 0 aliphatic rings. The molecule has 116 valence electrons. The van der Waals surface area contributed by atoms with Crippen LogP contribution in [-0.2, 0) is 6.54 Å². The fourth-order valence-electron chi connectivity index (χ4n) is 3.33. The third-order valence-corrected chi connectivity index (χ3v) is 4.43. The minimum atomic E-state index is 0.994. The van der Waals surface area contributed by atoms with E-state index in [0.29, 0.717) is 0 Å². The number of aryl methyl sites for hydroxylation is 1. The van der Waals surface area contributed by atoms with Crippen molar-refractivity contribution in [2.24, 2.45) is 0 Å². The van der Waals surface area contributed by atoms with Gasteiger partial charge in [-0.05, 0) is 45.3 Å². The van der Waals surface area contributed by atoms with E-state index in [4.69, 9.17) is 4.98 Å². The molecule has 0 saturated heterocycles. The zero-order chi connectivity index (χ0) is 15.8. The van der Waals surface area contributed by atoms with Gasteiger partial charge in [-0.25, -0.2) is 4.98 Å². The summed E-state index contributed by atoms with van der Waals surface area (Å²) in [4.78, 5) is 7.19. The maximum atomic E-state index is 4.96. The number of pyridine rings is 1. The standard InChI is InChI=1S/C20H21N3/c1-22(2)12-7-13-23-19-11-6-4-9-16(19)17-14-15-8-3-5-10-18(15)21-20(17)23/h3-6,8-11,14H,7,12-13H2,1-2H3. The highest BCUT2D eigenvalue weighted by molar-refractivity contribution is 6.10. The topological polar surface area (TPSA) is 21.1 Å². The van der Waals surface area contributed by atoms with Gasteiger partial charge in [0.25, 0.3) is 0 Å². The highest BCUT2D eigenvalue weighted by Crippen LogP contribution is 2.30. The minimum Gasteiger partial charge on any atom is -0.325 e. The second-order valence-electron chi connectivity index (χ2n) is 6.38. The zero-order valence-corrected chi connectivity index (χ0v) is 13.7. The molecule has 2 aromatic heterocycles. The maximum absolute atomic E-state index is 4.96. The van der Waals surface area contributed by atoms with Gasteiger partial charge in [0.15, 0.2) is 0 Å². The van der Waals surface area contributed by atoms with Gasteiger partial charge in [-0.1, -0.05) is 36.4 Å². The Morgan fingerprint density at radius 3 is 2.61 bits per heavy atom. The summed E-state index contributed by atoms with van der Waals surface area (Å²) in [6, 6.07) is 19.3. The Balaban J connectivity index is 1.95. The maximum Gasteiger partial charge on any atom is 0.141 e. The van der Waals surface area contributed by atoms with Gasteiger partial charge in [0.2, 0.25) is 0 Å². The third kappa shape index (κ3) is 2.47. The molecule has 4 rings (SSSR count). The van der Waals surface area contributed by atoms with Gasteiger partial charge >= 0.3 is 0 Å². The Hall–Kier alpha value is -2.39. The van der Waals surface area contributed by atoms with Crippen molar-refractivity contribution in [1.29, 1.82) is 0 Å². The van der Waals surface area contributed by atoms with E-state index in [1.165, 1.54) is 21.7 Å². The predicted octanol–water partition coefficient (Wildman–Crippen LogP) is 4.29. The molecule has 0 aliphatic heterocycles. The van der Waals surface area contributed by atoms with E-state index in [1.807, 2.05) is 0 Å². The number of aromatic nitrogens is 2. The number of hydrogen-bond donors (Lipinski definition) is 0. The van der Waals surface area contributed by atoms with Gasteiger partial charge < -0.3 is 9.47 Å². The van der Waals surface area contributed by atoms with Crippen LogP contribution < -0.4 is 0 Å². The summed E-state index contributed by atoms with van der Waals surface area (Å²) in [5, 5.41) is 3.76. The van der Waals surface area contributed by atoms with E-state index in [1.54, 1.807) is 0 Å². The quantitative estimate of drug-likeness (QED) is 0.560. The summed E-state index contributed by atoms with van der Waals surface area (Å²) in [7, 11) is 4.25. The minimum absolute atomic E-state index is 0.994. The van der Waals surface area contributed by atoms with Crippen LogP contribution in [-0.4, -0.2) is 35.1 Å². The molecule has 0 fully saturated rings. The number of benzene rings is 2. The van der Waals surface area contributed by atoms with Crippen LogP contribution in [0.25, 0.3) is 32.8 Å². The summed E-state index contributed by atoms with van der Waals surface area (Å²) in [5.41, 5.74) is 3.45. The van der Waals surface area contributed by atoms with Gasteiger partial charge in [0, 0.05) is 22.7 Å². The monoisotopic (exact) mass is 303 g/mol. The average molecular weight is 303 g/mol. The van der Waals surface area contributed by atoms with Crippen molar-refractivity contribution in [1.82, 2.24) is 14.5 Å². The van der Waals surface area contributed by atoms with Gasteiger partial charge in [-0.3, -0.25) is 0 Å². The fraction of sp³-hybridized carbons (Fsp3) is 0.250. The number of nitrogens with zero attached hydrogens (tertiary/aromatic N) is 3. The lowest BCUT2D eigenvalue weighted by atomic mass is 10.1. The highest BCUT2D eigenvalue weighted by Gasteiger charge is 2.12. The molecule has 3 nitrogen and oxygen atoms in total. The Morgan fingerprint density at radius 2 is 1.74 bits per heavy atom. The Bertz CT molecular complexity index is 982. The van der Waals surface area contributed by atoms with Crippen molar-refractivity contribution in [3.8, 4) is 0 Å². The van der Waals surface area contributed by atoms with E-state index in [-0.39, 0.29) is 0 Å². The molecule has 0 amide bonds. The lowest BCUT2D eigenvalue weighted by Gasteiger charge is -2.11. The van der Waals surface area contributed by atoms with Crippen molar-refractivity contribution in [3.63, 3.8) is 0 Å². The first-order valence-corrected chi connectivity index (χ1v) is 8.15. The molecule has 0 aliphatic carbocycles. The second kappa shape index (κ2) is 5.67. The number of rotatable bonds is 4. The molecule has 0 saturated carbocycles. The lowest BCUT2D eigenvalue weighted by molar-refractivity contribution is 0.389. The largest absolute Gasteiger partial charge is 0.325 e.